The normalized spacial score (nSPS) is 37.8. The molecule has 0 aromatic heterocycles. The molecule has 0 aliphatic carbocycles. The van der Waals surface area contributed by atoms with Crippen molar-refractivity contribution < 1.29 is 30.0 Å². The number of thiol groups is 1. The molecule has 0 spiro atoms. The molecule has 0 bridgehead atoms. The zero-order valence-corrected chi connectivity index (χ0v) is 9.96. The van der Waals surface area contributed by atoms with E-state index in [2.05, 4.69) is 17.9 Å². The lowest BCUT2D eigenvalue weighted by Gasteiger charge is -2.40. The van der Waals surface area contributed by atoms with E-state index >= 15 is 0 Å². The number of hydrogen-bond acceptors (Lipinski definition) is 7. The topological polar surface area (TPSA) is 119 Å². The van der Waals surface area contributed by atoms with Crippen molar-refractivity contribution in [3.8, 4) is 0 Å². The van der Waals surface area contributed by atoms with Gasteiger partial charge in [0.25, 0.3) is 0 Å². The number of rotatable bonds is 4. The fraction of sp³-hybridized carbons (Fsp3) is 0.889. The van der Waals surface area contributed by atoms with Crippen molar-refractivity contribution >= 4 is 18.5 Å². The Morgan fingerprint density at radius 1 is 1.29 bits per heavy atom. The van der Waals surface area contributed by atoms with Crippen molar-refractivity contribution in [2.75, 3.05) is 12.4 Å². The monoisotopic (exact) mass is 267 g/mol. The van der Waals surface area contributed by atoms with Gasteiger partial charge in [0.15, 0.2) is 6.29 Å². The molecular weight excluding hydrogens is 250 g/mol. The first-order valence-electron chi connectivity index (χ1n) is 5.22. The van der Waals surface area contributed by atoms with Crippen LogP contribution in [0.3, 0.4) is 0 Å². The SMILES string of the molecule is O=C(CCS)NC1C(O)OC(CO)[C@@H](O)[C@@H]1O. The van der Waals surface area contributed by atoms with Crippen LogP contribution >= 0.6 is 12.6 Å². The van der Waals surface area contributed by atoms with Crippen molar-refractivity contribution in [1.29, 1.82) is 0 Å². The summed E-state index contributed by atoms with van der Waals surface area (Å²) in [6, 6.07) is -1.12. The molecule has 8 heteroatoms. The minimum absolute atomic E-state index is 0.124. The van der Waals surface area contributed by atoms with Gasteiger partial charge in [-0.3, -0.25) is 4.79 Å². The minimum atomic E-state index is -1.48. The second-order valence-corrected chi connectivity index (χ2v) is 4.24. The van der Waals surface area contributed by atoms with Crippen molar-refractivity contribution in [2.24, 2.45) is 0 Å². The van der Waals surface area contributed by atoms with Crippen LogP contribution in [0.4, 0.5) is 0 Å². The summed E-state index contributed by atoms with van der Waals surface area (Å²) in [5.41, 5.74) is 0. The quantitative estimate of drug-likeness (QED) is 0.307. The number of carbonyl (C=O) groups is 1. The molecule has 0 saturated carbocycles. The van der Waals surface area contributed by atoms with Crippen molar-refractivity contribution in [3.05, 3.63) is 0 Å². The molecule has 1 rings (SSSR count). The van der Waals surface area contributed by atoms with Gasteiger partial charge >= 0.3 is 0 Å². The van der Waals surface area contributed by atoms with Crippen LogP contribution < -0.4 is 5.32 Å². The largest absolute Gasteiger partial charge is 0.394 e. The Balaban J connectivity index is 2.63. The van der Waals surface area contributed by atoms with E-state index < -0.39 is 43.2 Å². The van der Waals surface area contributed by atoms with Crippen molar-refractivity contribution in [1.82, 2.24) is 5.32 Å². The summed E-state index contributed by atoms with van der Waals surface area (Å²) in [5, 5.41) is 40.0. The Labute approximate surface area is 104 Å². The molecular formula is C9H17NO6S. The third-order valence-electron chi connectivity index (χ3n) is 2.57. The van der Waals surface area contributed by atoms with E-state index in [1.54, 1.807) is 0 Å². The molecule has 1 fully saturated rings. The molecule has 1 aliphatic rings. The Bertz CT molecular complexity index is 266. The van der Waals surface area contributed by atoms with Crippen LogP contribution in [0, 0.1) is 0 Å². The number of aliphatic hydroxyl groups excluding tert-OH is 4. The van der Waals surface area contributed by atoms with E-state index in [4.69, 9.17) is 9.84 Å². The number of aliphatic hydroxyl groups is 4. The Morgan fingerprint density at radius 3 is 2.47 bits per heavy atom. The number of carbonyl (C=O) groups excluding carboxylic acids is 1. The summed E-state index contributed by atoms with van der Waals surface area (Å²) in [7, 11) is 0. The summed E-state index contributed by atoms with van der Waals surface area (Å²) in [6.45, 7) is -0.535. The fourth-order valence-corrected chi connectivity index (χ4v) is 1.82. The molecule has 3 unspecified atom stereocenters. The maximum absolute atomic E-state index is 11.3. The second-order valence-electron chi connectivity index (χ2n) is 3.80. The highest BCUT2D eigenvalue weighted by molar-refractivity contribution is 7.80. The highest BCUT2D eigenvalue weighted by Crippen LogP contribution is 2.19. The zero-order valence-electron chi connectivity index (χ0n) is 9.06. The van der Waals surface area contributed by atoms with Gasteiger partial charge in [-0.1, -0.05) is 0 Å². The van der Waals surface area contributed by atoms with Gasteiger partial charge in [-0.25, -0.2) is 0 Å². The average Bonchev–Trinajstić information content (AvgIpc) is 2.29. The molecule has 1 saturated heterocycles. The minimum Gasteiger partial charge on any atom is -0.394 e. The van der Waals surface area contributed by atoms with Crippen LogP contribution in [0.1, 0.15) is 6.42 Å². The average molecular weight is 267 g/mol. The smallest absolute Gasteiger partial charge is 0.221 e. The van der Waals surface area contributed by atoms with Gasteiger partial charge in [0, 0.05) is 6.42 Å². The zero-order chi connectivity index (χ0) is 13.0. The highest BCUT2D eigenvalue weighted by atomic mass is 32.1. The molecule has 0 aromatic rings. The van der Waals surface area contributed by atoms with Crippen LogP contribution in [0.15, 0.2) is 0 Å². The molecule has 0 radical (unpaired) electrons. The number of nitrogens with one attached hydrogen (secondary N) is 1. The first-order chi connectivity index (χ1) is 8.01. The van der Waals surface area contributed by atoms with E-state index in [1.807, 2.05) is 0 Å². The van der Waals surface area contributed by atoms with E-state index in [0.717, 1.165) is 0 Å². The summed E-state index contributed by atoms with van der Waals surface area (Å²) < 4.78 is 4.87. The Morgan fingerprint density at radius 2 is 1.94 bits per heavy atom. The van der Waals surface area contributed by atoms with Gasteiger partial charge in [-0.2, -0.15) is 12.6 Å². The van der Waals surface area contributed by atoms with Crippen LogP contribution in [0.25, 0.3) is 0 Å². The maximum Gasteiger partial charge on any atom is 0.221 e. The standard InChI is InChI=1S/C9H17NO6S/c11-3-4-7(13)8(14)6(9(15)16-4)10-5(12)1-2-17/h4,6-9,11,13-15,17H,1-3H2,(H,10,12)/t4?,6?,7-,8-,9?/m1/s1. The predicted molar refractivity (Wildman–Crippen MR) is 60.4 cm³/mol. The molecule has 5 atom stereocenters. The van der Waals surface area contributed by atoms with Gasteiger partial charge < -0.3 is 30.5 Å². The summed E-state index contributed by atoms with van der Waals surface area (Å²) in [6.07, 6.45) is -5.20. The molecule has 1 amide bonds. The van der Waals surface area contributed by atoms with E-state index in [0.29, 0.717) is 5.75 Å². The fourth-order valence-electron chi connectivity index (χ4n) is 1.61. The van der Waals surface area contributed by atoms with Gasteiger partial charge in [-0.15, -0.1) is 0 Å². The molecule has 17 heavy (non-hydrogen) atoms. The lowest BCUT2D eigenvalue weighted by atomic mass is 9.97. The molecule has 5 N–H and O–H groups in total. The molecule has 7 nitrogen and oxygen atoms in total. The van der Waals surface area contributed by atoms with Crippen LogP contribution in [0.2, 0.25) is 0 Å². The van der Waals surface area contributed by atoms with E-state index in [9.17, 15) is 20.1 Å². The third-order valence-corrected chi connectivity index (χ3v) is 2.79. The highest BCUT2D eigenvalue weighted by Gasteiger charge is 2.44. The molecule has 1 heterocycles. The summed E-state index contributed by atoms with van der Waals surface area (Å²) in [4.78, 5) is 11.3. The van der Waals surface area contributed by atoms with Crippen molar-refractivity contribution in [3.63, 3.8) is 0 Å². The van der Waals surface area contributed by atoms with Crippen LogP contribution in [-0.4, -0.2) is 69.3 Å². The van der Waals surface area contributed by atoms with Gasteiger partial charge in [0.2, 0.25) is 5.91 Å². The number of hydrogen-bond donors (Lipinski definition) is 6. The van der Waals surface area contributed by atoms with Crippen molar-refractivity contribution in [2.45, 2.75) is 37.1 Å². The van der Waals surface area contributed by atoms with Crippen LogP contribution in [0.5, 0.6) is 0 Å². The number of amides is 1. The Hall–Kier alpha value is -0.380. The molecule has 0 aromatic carbocycles. The second kappa shape index (κ2) is 6.53. The lowest BCUT2D eigenvalue weighted by molar-refractivity contribution is -0.253. The number of ether oxygens (including phenoxy) is 1. The summed E-state index contributed by atoms with van der Waals surface area (Å²) in [5.74, 6) is -0.0886. The third kappa shape index (κ3) is 3.54. The van der Waals surface area contributed by atoms with Gasteiger partial charge in [0.1, 0.15) is 24.4 Å². The molecule has 1 aliphatic heterocycles. The Kier molecular flexibility index (Phi) is 5.63. The maximum atomic E-state index is 11.3. The van der Waals surface area contributed by atoms with Gasteiger partial charge in [0.05, 0.1) is 6.61 Å². The lowest BCUT2D eigenvalue weighted by Crippen LogP contribution is -2.64. The van der Waals surface area contributed by atoms with E-state index in [-0.39, 0.29) is 6.42 Å². The summed E-state index contributed by atoms with van der Waals surface area (Å²) >= 11 is 3.87. The predicted octanol–water partition coefficient (Wildman–Crippen LogP) is -2.78. The first-order valence-corrected chi connectivity index (χ1v) is 5.85. The van der Waals surface area contributed by atoms with Crippen LogP contribution in [-0.2, 0) is 9.53 Å². The first kappa shape index (κ1) is 14.7. The molecule has 100 valence electrons. The van der Waals surface area contributed by atoms with E-state index in [1.165, 1.54) is 0 Å². The van der Waals surface area contributed by atoms with Gasteiger partial charge in [-0.05, 0) is 5.75 Å².